The lowest BCUT2D eigenvalue weighted by Crippen LogP contribution is -2.56. The Morgan fingerprint density at radius 3 is 2.78 bits per heavy atom. The maximum atomic E-state index is 14.5. The second-order valence-electron chi connectivity index (χ2n) is 6.70. The van der Waals surface area contributed by atoms with Gasteiger partial charge >= 0.3 is 6.09 Å². The van der Waals surface area contributed by atoms with Gasteiger partial charge in [-0.25, -0.2) is 9.18 Å². The summed E-state index contributed by atoms with van der Waals surface area (Å²) in [5, 5.41) is 0. The van der Waals surface area contributed by atoms with Gasteiger partial charge in [-0.15, -0.1) is 0 Å². The summed E-state index contributed by atoms with van der Waals surface area (Å²) in [5.41, 5.74) is 2.41. The Kier molecular flexibility index (Phi) is 5.27. The average molecular weight is 432 g/mol. The highest BCUT2D eigenvalue weighted by molar-refractivity contribution is 9.10. The Hall–Kier alpha value is -2.18. The van der Waals surface area contributed by atoms with Crippen molar-refractivity contribution in [3.8, 4) is 0 Å². The molecule has 2 aromatic carbocycles. The topological polar surface area (TPSA) is 38.8 Å². The molecule has 6 heteroatoms. The number of halogens is 2. The Morgan fingerprint density at radius 1 is 1.19 bits per heavy atom. The van der Waals surface area contributed by atoms with Crippen molar-refractivity contribution in [3.05, 3.63) is 76.0 Å². The normalized spacial score (nSPS) is 21.6. The monoisotopic (exact) mass is 431 g/mol. The molecule has 1 fully saturated rings. The molecule has 2 heterocycles. The minimum Gasteiger partial charge on any atom is -0.445 e. The Labute approximate surface area is 165 Å². The van der Waals surface area contributed by atoms with E-state index in [0.717, 1.165) is 11.1 Å². The Bertz CT molecular complexity index is 871. The summed E-state index contributed by atoms with van der Waals surface area (Å²) in [6.07, 6.45) is 2.09. The van der Waals surface area contributed by atoms with Crippen molar-refractivity contribution < 1.29 is 18.7 Å². The largest absolute Gasteiger partial charge is 0.445 e. The number of benzene rings is 2. The molecule has 0 aromatic heterocycles. The first-order chi connectivity index (χ1) is 13.1. The van der Waals surface area contributed by atoms with Gasteiger partial charge in [0, 0.05) is 5.56 Å². The first-order valence-corrected chi connectivity index (χ1v) is 9.64. The highest BCUT2D eigenvalue weighted by atomic mass is 79.9. The van der Waals surface area contributed by atoms with Gasteiger partial charge in [-0.3, -0.25) is 4.90 Å². The molecule has 2 aliphatic heterocycles. The predicted molar refractivity (Wildman–Crippen MR) is 104 cm³/mol. The number of amides is 1. The number of ether oxygens (including phenoxy) is 2. The van der Waals surface area contributed by atoms with Crippen molar-refractivity contribution in [2.24, 2.45) is 0 Å². The third kappa shape index (κ3) is 3.77. The number of morpholine rings is 1. The zero-order valence-electron chi connectivity index (χ0n) is 14.6. The van der Waals surface area contributed by atoms with Crippen LogP contribution < -0.4 is 0 Å². The summed E-state index contributed by atoms with van der Waals surface area (Å²) in [4.78, 5) is 14.4. The van der Waals surface area contributed by atoms with Crippen LogP contribution in [0.1, 0.15) is 17.5 Å². The molecule has 4 nitrogen and oxygen atoms in total. The number of hydrogen-bond donors (Lipinski definition) is 0. The third-order valence-electron chi connectivity index (χ3n) is 4.91. The van der Waals surface area contributed by atoms with Crippen LogP contribution >= 0.6 is 15.9 Å². The van der Waals surface area contributed by atoms with Crippen molar-refractivity contribution in [1.82, 2.24) is 4.90 Å². The van der Waals surface area contributed by atoms with Crippen LogP contribution in [-0.2, 0) is 16.1 Å². The summed E-state index contributed by atoms with van der Waals surface area (Å²) in [7, 11) is 0. The molecule has 2 aliphatic rings. The molecular formula is C21H19BrFNO3. The van der Waals surface area contributed by atoms with E-state index in [0.29, 0.717) is 29.7 Å². The quantitative estimate of drug-likeness (QED) is 0.701. The van der Waals surface area contributed by atoms with E-state index in [1.807, 2.05) is 42.5 Å². The SMILES string of the molecule is O=C(OCc1ccccc1)N1C2C=C(c3cccc(Br)c3F)CC1COC2. The first-order valence-electron chi connectivity index (χ1n) is 8.85. The van der Waals surface area contributed by atoms with Crippen LogP contribution in [0.2, 0.25) is 0 Å². The summed E-state index contributed by atoms with van der Waals surface area (Å²) >= 11 is 3.24. The van der Waals surface area contributed by atoms with Gasteiger partial charge in [0.05, 0.1) is 29.8 Å². The van der Waals surface area contributed by atoms with Gasteiger partial charge in [0.25, 0.3) is 0 Å². The highest BCUT2D eigenvalue weighted by Gasteiger charge is 2.39. The zero-order chi connectivity index (χ0) is 18.8. The molecule has 1 saturated heterocycles. The van der Waals surface area contributed by atoms with Gasteiger partial charge in [0.15, 0.2) is 0 Å². The number of rotatable bonds is 3. The summed E-state index contributed by atoms with van der Waals surface area (Å²) < 4.78 is 26.1. The number of nitrogens with zero attached hydrogens (tertiary/aromatic N) is 1. The van der Waals surface area contributed by atoms with Crippen LogP contribution in [-0.4, -0.2) is 36.3 Å². The van der Waals surface area contributed by atoms with E-state index < -0.39 is 0 Å². The van der Waals surface area contributed by atoms with Gasteiger partial charge in [-0.05, 0) is 39.6 Å². The van der Waals surface area contributed by atoms with Crippen molar-refractivity contribution in [2.75, 3.05) is 13.2 Å². The fourth-order valence-corrected chi connectivity index (χ4v) is 3.99. The molecule has 0 N–H and O–H groups in total. The smallest absolute Gasteiger partial charge is 0.411 e. The third-order valence-corrected chi connectivity index (χ3v) is 5.52. The molecule has 2 aromatic rings. The van der Waals surface area contributed by atoms with E-state index in [9.17, 15) is 9.18 Å². The van der Waals surface area contributed by atoms with Gasteiger partial charge < -0.3 is 9.47 Å². The number of hydrogen-bond acceptors (Lipinski definition) is 3. The lowest BCUT2D eigenvalue weighted by atomic mass is 9.90. The van der Waals surface area contributed by atoms with Crippen LogP contribution in [0.15, 0.2) is 59.1 Å². The van der Waals surface area contributed by atoms with E-state index in [1.54, 1.807) is 17.0 Å². The number of carbonyl (C=O) groups excluding carboxylic acids is 1. The fraction of sp³-hybridized carbons (Fsp3) is 0.286. The molecule has 2 unspecified atom stereocenters. The molecule has 0 spiro atoms. The maximum absolute atomic E-state index is 14.5. The lowest BCUT2D eigenvalue weighted by Gasteiger charge is -2.43. The van der Waals surface area contributed by atoms with E-state index in [4.69, 9.17) is 9.47 Å². The van der Waals surface area contributed by atoms with Crippen LogP contribution in [0.25, 0.3) is 5.57 Å². The maximum Gasteiger partial charge on any atom is 0.411 e. The van der Waals surface area contributed by atoms with E-state index in [1.165, 1.54) is 0 Å². The Morgan fingerprint density at radius 2 is 2.00 bits per heavy atom. The molecule has 2 bridgehead atoms. The van der Waals surface area contributed by atoms with E-state index in [-0.39, 0.29) is 30.6 Å². The van der Waals surface area contributed by atoms with Crippen molar-refractivity contribution in [1.29, 1.82) is 0 Å². The molecule has 2 atom stereocenters. The van der Waals surface area contributed by atoms with Gasteiger partial charge in [-0.2, -0.15) is 0 Å². The van der Waals surface area contributed by atoms with Crippen molar-refractivity contribution >= 4 is 27.6 Å². The number of carbonyl (C=O) groups is 1. The molecule has 140 valence electrons. The first kappa shape index (κ1) is 18.2. The van der Waals surface area contributed by atoms with E-state index in [2.05, 4.69) is 15.9 Å². The van der Waals surface area contributed by atoms with Crippen molar-refractivity contribution in [2.45, 2.75) is 25.1 Å². The average Bonchev–Trinajstić information content (AvgIpc) is 2.68. The van der Waals surface area contributed by atoms with Gasteiger partial charge in [0.2, 0.25) is 0 Å². The molecular weight excluding hydrogens is 413 g/mol. The second kappa shape index (κ2) is 7.82. The second-order valence-corrected chi connectivity index (χ2v) is 7.56. The summed E-state index contributed by atoms with van der Waals surface area (Å²) in [6.45, 7) is 1.03. The van der Waals surface area contributed by atoms with Crippen LogP contribution in [0.4, 0.5) is 9.18 Å². The predicted octanol–water partition coefficient (Wildman–Crippen LogP) is 4.78. The standard InChI is InChI=1S/C21H19BrFNO3/c22-19-8-4-7-18(20(19)23)15-9-16-12-26-13-17(10-15)24(16)21(25)27-11-14-5-2-1-3-6-14/h1-9,16-17H,10-13H2. The van der Waals surface area contributed by atoms with E-state index >= 15 is 0 Å². The molecule has 1 amide bonds. The summed E-state index contributed by atoms with van der Waals surface area (Å²) in [5.74, 6) is -0.275. The fourth-order valence-electron chi connectivity index (χ4n) is 3.63. The number of fused-ring (bicyclic) bond motifs is 2. The van der Waals surface area contributed by atoms with Crippen LogP contribution in [0.3, 0.4) is 0 Å². The summed E-state index contributed by atoms with van der Waals surface area (Å²) in [6, 6.07) is 14.4. The molecule has 4 rings (SSSR count). The van der Waals surface area contributed by atoms with Gasteiger partial charge in [0.1, 0.15) is 12.4 Å². The molecule has 0 aliphatic carbocycles. The molecule has 0 saturated carbocycles. The zero-order valence-corrected chi connectivity index (χ0v) is 16.2. The molecule has 27 heavy (non-hydrogen) atoms. The van der Waals surface area contributed by atoms with Crippen LogP contribution in [0, 0.1) is 5.82 Å². The highest BCUT2D eigenvalue weighted by Crippen LogP contribution is 2.35. The van der Waals surface area contributed by atoms with Crippen LogP contribution in [0.5, 0.6) is 0 Å². The van der Waals surface area contributed by atoms with Gasteiger partial charge in [-0.1, -0.05) is 48.5 Å². The molecule has 0 radical (unpaired) electrons. The Balaban J connectivity index is 1.53. The minimum atomic E-state index is -0.359. The minimum absolute atomic E-state index is 0.162. The van der Waals surface area contributed by atoms with Crippen molar-refractivity contribution in [3.63, 3.8) is 0 Å². The lowest BCUT2D eigenvalue weighted by molar-refractivity contribution is -0.0342.